The Balaban J connectivity index is 1.41. The number of para-hydroxylation sites is 4. The molecule has 0 radical (unpaired) electrons. The zero-order valence-corrected chi connectivity index (χ0v) is 25.3. The first-order valence-electron chi connectivity index (χ1n) is 15.3. The summed E-state index contributed by atoms with van der Waals surface area (Å²) >= 11 is 0. The van der Waals surface area contributed by atoms with Gasteiger partial charge in [-0.05, 0) is 77.7 Å². The minimum atomic E-state index is 1.09. The molecule has 1 heterocycles. The van der Waals surface area contributed by atoms with Gasteiger partial charge in [-0.25, -0.2) is 0 Å². The van der Waals surface area contributed by atoms with Gasteiger partial charge in [0.1, 0.15) is 0 Å². The molecule has 0 amide bonds. The fourth-order valence-electron chi connectivity index (χ4n) is 6.13. The zero-order valence-electron chi connectivity index (χ0n) is 25.3. The molecule has 45 heavy (non-hydrogen) atoms. The van der Waals surface area contributed by atoms with Crippen molar-refractivity contribution < 1.29 is 0 Å². The molecule has 7 aromatic rings. The maximum atomic E-state index is 3.78. The molecule has 216 valence electrons. The predicted octanol–water partition coefficient (Wildman–Crippen LogP) is 12.1. The van der Waals surface area contributed by atoms with E-state index in [4.69, 9.17) is 0 Å². The molecule has 0 spiro atoms. The molecule has 2 nitrogen and oxygen atoms in total. The van der Waals surface area contributed by atoms with Crippen LogP contribution >= 0.6 is 0 Å². The minimum absolute atomic E-state index is 1.09. The molecule has 0 saturated carbocycles. The Kier molecular flexibility index (Phi) is 7.70. The Morgan fingerprint density at radius 2 is 1.09 bits per heavy atom. The molecule has 0 unspecified atom stereocenters. The first-order chi connectivity index (χ1) is 22.2. The second kappa shape index (κ2) is 12.4. The highest BCUT2D eigenvalue weighted by Crippen LogP contribution is 2.42. The summed E-state index contributed by atoms with van der Waals surface area (Å²) in [6.45, 7) is 5.92. The summed E-state index contributed by atoms with van der Waals surface area (Å²) in [5.41, 5.74) is 11.6. The van der Waals surface area contributed by atoms with Crippen molar-refractivity contribution >= 4 is 44.4 Å². The molecule has 0 aliphatic rings. The molecule has 0 fully saturated rings. The lowest BCUT2D eigenvalue weighted by Crippen LogP contribution is -2.13. The number of rotatable bonds is 8. The van der Waals surface area contributed by atoms with Crippen LogP contribution in [0.3, 0.4) is 0 Å². The van der Waals surface area contributed by atoms with Crippen molar-refractivity contribution in [1.82, 2.24) is 4.57 Å². The van der Waals surface area contributed by atoms with E-state index in [1.165, 1.54) is 44.1 Å². The fourth-order valence-corrected chi connectivity index (χ4v) is 6.13. The van der Waals surface area contributed by atoms with Crippen molar-refractivity contribution in [2.45, 2.75) is 6.92 Å². The number of aromatic nitrogens is 1. The van der Waals surface area contributed by atoms with E-state index in [9.17, 15) is 0 Å². The number of nitrogens with zero attached hydrogens (tertiary/aromatic N) is 2. The van der Waals surface area contributed by atoms with E-state index in [2.05, 4.69) is 181 Å². The molecule has 1 aromatic heterocycles. The van der Waals surface area contributed by atoms with Crippen LogP contribution < -0.4 is 4.90 Å². The third kappa shape index (κ3) is 5.39. The van der Waals surface area contributed by atoms with Gasteiger partial charge in [-0.2, -0.15) is 0 Å². The van der Waals surface area contributed by atoms with Crippen LogP contribution in [0, 0.1) is 0 Å². The molecular weight excluding hydrogens is 544 g/mol. The first-order valence-corrected chi connectivity index (χ1v) is 15.3. The highest BCUT2D eigenvalue weighted by Gasteiger charge is 2.20. The van der Waals surface area contributed by atoms with Crippen molar-refractivity contribution in [3.8, 4) is 16.8 Å². The molecule has 0 bridgehead atoms. The quantitative estimate of drug-likeness (QED) is 0.163. The molecule has 2 heteroatoms. The summed E-state index contributed by atoms with van der Waals surface area (Å²) in [6.07, 6.45) is 7.89. The summed E-state index contributed by atoms with van der Waals surface area (Å²) in [6, 6.07) is 54.4. The Hall–Kier alpha value is -5.86. The highest BCUT2D eigenvalue weighted by molar-refractivity contribution is 6.09. The van der Waals surface area contributed by atoms with Gasteiger partial charge in [-0.3, -0.25) is 0 Å². The minimum Gasteiger partial charge on any atom is -0.308 e. The summed E-state index contributed by atoms with van der Waals surface area (Å²) in [5.74, 6) is 0. The van der Waals surface area contributed by atoms with Crippen LogP contribution in [0.5, 0.6) is 0 Å². The Labute approximate surface area is 265 Å². The number of benzene rings is 6. The van der Waals surface area contributed by atoms with Crippen molar-refractivity contribution in [3.63, 3.8) is 0 Å². The van der Waals surface area contributed by atoms with Crippen LogP contribution in [0.2, 0.25) is 0 Å². The van der Waals surface area contributed by atoms with Crippen LogP contribution in [0.15, 0.2) is 183 Å². The van der Waals surface area contributed by atoms with Crippen molar-refractivity contribution in [2.24, 2.45) is 0 Å². The molecule has 7 rings (SSSR count). The van der Waals surface area contributed by atoms with E-state index < -0.39 is 0 Å². The molecule has 0 N–H and O–H groups in total. The Morgan fingerprint density at radius 3 is 1.73 bits per heavy atom. The largest absolute Gasteiger partial charge is 0.308 e. The number of hydrogen-bond acceptors (Lipinski definition) is 1. The van der Waals surface area contributed by atoms with E-state index in [0.717, 1.165) is 22.7 Å². The monoisotopic (exact) mass is 578 g/mol. The molecule has 6 aromatic carbocycles. The van der Waals surface area contributed by atoms with Gasteiger partial charge in [-0.1, -0.05) is 134 Å². The van der Waals surface area contributed by atoms with E-state index in [1.807, 2.05) is 12.2 Å². The standard InChI is InChI=1S/C43H34N2/c1-3-4-6-15-32(2)33-24-28-36(29-25-33)44(37-30-26-35(27-31-37)34-16-7-5-8-17-34)42-22-13-14-23-43(42)45-40-20-11-9-18-38(40)39-19-10-12-21-41(39)45/h3-31H,1H2,2H3/b6-4-,32-15+. The number of anilines is 3. The Bertz CT molecular complexity index is 2110. The second-order valence-corrected chi connectivity index (χ2v) is 11.1. The van der Waals surface area contributed by atoms with Crippen LogP contribution in [-0.4, -0.2) is 4.57 Å². The smallest absolute Gasteiger partial charge is 0.0702 e. The van der Waals surface area contributed by atoms with Gasteiger partial charge >= 0.3 is 0 Å². The van der Waals surface area contributed by atoms with Crippen LogP contribution in [0.25, 0.3) is 44.2 Å². The van der Waals surface area contributed by atoms with Crippen LogP contribution in [0.1, 0.15) is 12.5 Å². The van der Waals surface area contributed by atoms with Crippen LogP contribution in [0.4, 0.5) is 17.1 Å². The maximum absolute atomic E-state index is 3.78. The van der Waals surface area contributed by atoms with Gasteiger partial charge in [0.2, 0.25) is 0 Å². The first kappa shape index (κ1) is 27.9. The summed E-state index contributed by atoms with van der Waals surface area (Å²) < 4.78 is 2.40. The fraction of sp³-hybridized carbons (Fsp3) is 0.0233. The summed E-state index contributed by atoms with van der Waals surface area (Å²) in [5, 5.41) is 2.50. The van der Waals surface area contributed by atoms with Gasteiger partial charge in [-0.15, -0.1) is 0 Å². The van der Waals surface area contributed by atoms with Gasteiger partial charge in [0, 0.05) is 22.1 Å². The van der Waals surface area contributed by atoms with Crippen molar-refractivity contribution in [3.05, 3.63) is 188 Å². The molecule has 0 saturated heterocycles. The average molecular weight is 579 g/mol. The number of allylic oxidation sites excluding steroid dienone is 5. The normalized spacial score (nSPS) is 11.8. The van der Waals surface area contributed by atoms with E-state index >= 15 is 0 Å². The Morgan fingerprint density at radius 1 is 0.556 bits per heavy atom. The SMILES string of the molecule is C=C/C=C\C=C(/C)c1ccc(N(c2ccc(-c3ccccc3)cc2)c2ccccc2-n2c3ccccc3c3ccccc32)cc1. The van der Waals surface area contributed by atoms with Gasteiger partial charge in [0.15, 0.2) is 0 Å². The summed E-state index contributed by atoms with van der Waals surface area (Å²) in [7, 11) is 0. The molecule has 0 aliphatic heterocycles. The maximum Gasteiger partial charge on any atom is 0.0702 e. The van der Waals surface area contributed by atoms with E-state index in [-0.39, 0.29) is 0 Å². The third-order valence-corrected chi connectivity index (χ3v) is 8.35. The zero-order chi connectivity index (χ0) is 30.6. The van der Waals surface area contributed by atoms with Gasteiger partial charge < -0.3 is 9.47 Å². The number of hydrogen-bond donors (Lipinski definition) is 0. The molecule has 0 aliphatic carbocycles. The number of fused-ring (bicyclic) bond motifs is 3. The molecule has 0 atom stereocenters. The third-order valence-electron chi connectivity index (χ3n) is 8.35. The van der Waals surface area contributed by atoms with Gasteiger partial charge in [0.25, 0.3) is 0 Å². The topological polar surface area (TPSA) is 8.17 Å². The lowest BCUT2D eigenvalue weighted by Gasteiger charge is -2.28. The van der Waals surface area contributed by atoms with E-state index in [0.29, 0.717) is 0 Å². The second-order valence-electron chi connectivity index (χ2n) is 11.1. The van der Waals surface area contributed by atoms with E-state index in [1.54, 1.807) is 6.08 Å². The lowest BCUT2D eigenvalue weighted by molar-refractivity contribution is 1.15. The molecular formula is C43H34N2. The summed E-state index contributed by atoms with van der Waals surface area (Å²) in [4.78, 5) is 2.37. The highest BCUT2D eigenvalue weighted by atomic mass is 15.2. The van der Waals surface area contributed by atoms with Crippen molar-refractivity contribution in [2.75, 3.05) is 4.90 Å². The lowest BCUT2D eigenvalue weighted by atomic mass is 10.0. The van der Waals surface area contributed by atoms with Crippen molar-refractivity contribution in [1.29, 1.82) is 0 Å². The van der Waals surface area contributed by atoms with Gasteiger partial charge in [0.05, 0.1) is 22.4 Å². The van der Waals surface area contributed by atoms with Crippen LogP contribution in [-0.2, 0) is 0 Å². The average Bonchev–Trinajstić information content (AvgIpc) is 3.44. The predicted molar refractivity (Wildman–Crippen MR) is 194 cm³/mol.